The molecule has 1 aromatic heterocycles. The Labute approximate surface area is 129 Å². The average molecular weight is 291 g/mol. The van der Waals surface area contributed by atoms with E-state index < -0.39 is 0 Å². The van der Waals surface area contributed by atoms with Crippen molar-refractivity contribution in [2.24, 2.45) is 0 Å². The lowest BCUT2D eigenvalue weighted by molar-refractivity contribution is -0.918. The van der Waals surface area contributed by atoms with Crippen LogP contribution in [0.15, 0.2) is 60.7 Å². The average Bonchev–Trinajstić information content (AvgIpc) is 3.00. The molecule has 1 atom stereocenters. The Balaban J connectivity index is 1.49. The van der Waals surface area contributed by atoms with E-state index in [2.05, 4.69) is 52.8 Å². The van der Waals surface area contributed by atoms with Gasteiger partial charge in [-0.25, -0.2) is 0 Å². The van der Waals surface area contributed by atoms with Crippen molar-refractivity contribution in [1.29, 1.82) is 0 Å². The van der Waals surface area contributed by atoms with Crippen molar-refractivity contribution in [2.75, 3.05) is 13.1 Å². The van der Waals surface area contributed by atoms with Crippen LogP contribution in [0.5, 0.6) is 0 Å². The van der Waals surface area contributed by atoms with Gasteiger partial charge in [0.2, 0.25) is 0 Å². The van der Waals surface area contributed by atoms with Gasteiger partial charge in [-0.05, 0) is 29.3 Å². The third-order valence-corrected chi connectivity index (χ3v) is 4.32. The van der Waals surface area contributed by atoms with Gasteiger partial charge in [-0.15, -0.1) is 5.10 Å². The van der Waals surface area contributed by atoms with Gasteiger partial charge in [0.25, 0.3) is 0 Å². The maximum absolute atomic E-state index is 4.29. The summed E-state index contributed by atoms with van der Waals surface area (Å²) in [6.07, 6.45) is 3.49. The topological polar surface area (TPSA) is 35.2 Å². The number of rotatable bonds is 3. The summed E-state index contributed by atoms with van der Waals surface area (Å²) in [5.41, 5.74) is 4.91. The third-order valence-electron chi connectivity index (χ3n) is 4.32. The summed E-state index contributed by atoms with van der Waals surface area (Å²) >= 11 is 0. The summed E-state index contributed by atoms with van der Waals surface area (Å²) in [5.74, 6) is 0. The molecule has 1 aliphatic heterocycles. The van der Waals surface area contributed by atoms with E-state index in [-0.39, 0.29) is 0 Å². The fraction of sp³-hybridized carbons (Fsp3) is 0.222. The highest BCUT2D eigenvalue weighted by Gasteiger charge is 2.17. The van der Waals surface area contributed by atoms with E-state index in [9.17, 15) is 0 Å². The van der Waals surface area contributed by atoms with Crippen molar-refractivity contribution < 1.29 is 4.90 Å². The lowest BCUT2D eigenvalue weighted by atomic mass is 10.00. The van der Waals surface area contributed by atoms with Crippen LogP contribution < -0.4 is 4.90 Å². The summed E-state index contributed by atoms with van der Waals surface area (Å²) in [6, 6.07) is 18.8. The van der Waals surface area contributed by atoms with Crippen LogP contribution in [0.3, 0.4) is 0 Å². The second-order valence-corrected chi connectivity index (χ2v) is 5.79. The molecule has 1 N–H and O–H groups in total. The summed E-state index contributed by atoms with van der Waals surface area (Å²) in [7, 11) is 0. The molecule has 0 radical (unpaired) electrons. The molecule has 0 amide bonds. The first kappa shape index (κ1) is 13.2. The second-order valence-electron chi connectivity index (χ2n) is 5.79. The molecule has 4 heteroatoms. The molecule has 22 heavy (non-hydrogen) atoms. The van der Waals surface area contributed by atoms with E-state index in [1.165, 1.54) is 16.0 Å². The smallest absolute Gasteiger partial charge is 0.175 e. The number of hydrogen-bond acceptors (Lipinski definition) is 2. The van der Waals surface area contributed by atoms with Crippen molar-refractivity contribution in [3.05, 3.63) is 66.2 Å². The normalized spacial score (nSPS) is 18.4. The predicted octanol–water partition coefficient (Wildman–Crippen LogP) is 1.76. The minimum absolute atomic E-state index is 0.874. The fourth-order valence-electron chi connectivity index (χ4n) is 3.09. The van der Waals surface area contributed by atoms with E-state index in [0.29, 0.717) is 0 Å². The van der Waals surface area contributed by atoms with Crippen molar-refractivity contribution in [3.8, 4) is 0 Å². The molecule has 0 aliphatic carbocycles. The molecule has 110 valence electrons. The summed E-state index contributed by atoms with van der Waals surface area (Å²) in [4.78, 5) is 1.52. The Bertz CT molecular complexity index is 804. The molecule has 0 spiro atoms. The lowest BCUT2D eigenvalue weighted by Gasteiger charge is -2.23. The first-order chi connectivity index (χ1) is 10.9. The van der Waals surface area contributed by atoms with Crippen molar-refractivity contribution in [2.45, 2.75) is 13.1 Å². The molecule has 0 fully saturated rings. The summed E-state index contributed by atoms with van der Waals surface area (Å²) < 4.78 is 2.02. The van der Waals surface area contributed by atoms with Gasteiger partial charge in [0, 0.05) is 6.42 Å². The SMILES string of the molecule is C1=C(c2ccccc2)CC[NH+](Cn2nnc3ccccc32)C1. The largest absolute Gasteiger partial charge is 0.313 e. The predicted molar refractivity (Wildman–Crippen MR) is 87.3 cm³/mol. The van der Waals surface area contributed by atoms with Crippen LogP contribution in [-0.4, -0.2) is 28.1 Å². The van der Waals surface area contributed by atoms with E-state index >= 15 is 0 Å². The molecule has 2 heterocycles. The molecule has 3 aromatic rings. The van der Waals surface area contributed by atoms with Crippen LogP contribution in [0.1, 0.15) is 12.0 Å². The van der Waals surface area contributed by atoms with Gasteiger partial charge >= 0.3 is 0 Å². The van der Waals surface area contributed by atoms with Crippen LogP contribution in [0.25, 0.3) is 16.6 Å². The highest BCUT2D eigenvalue weighted by molar-refractivity contribution is 5.73. The zero-order valence-electron chi connectivity index (χ0n) is 12.4. The molecule has 4 nitrogen and oxygen atoms in total. The van der Waals surface area contributed by atoms with Crippen molar-refractivity contribution >= 4 is 16.6 Å². The van der Waals surface area contributed by atoms with E-state index in [1.54, 1.807) is 0 Å². The summed E-state index contributed by atoms with van der Waals surface area (Å²) in [5, 5.41) is 8.52. The fourth-order valence-corrected chi connectivity index (χ4v) is 3.09. The molecule has 0 saturated heterocycles. The maximum Gasteiger partial charge on any atom is 0.175 e. The molecular weight excluding hydrogens is 272 g/mol. The molecule has 0 saturated carbocycles. The highest BCUT2D eigenvalue weighted by atomic mass is 15.5. The van der Waals surface area contributed by atoms with Gasteiger partial charge in [-0.3, -0.25) is 0 Å². The zero-order chi connectivity index (χ0) is 14.8. The van der Waals surface area contributed by atoms with Crippen LogP contribution in [0.4, 0.5) is 0 Å². The van der Waals surface area contributed by atoms with E-state index in [0.717, 1.165) is 37.2 Å². The number of benzene rings is 2. The minimum atomic E-state index is 0.874. The van der Waals surface area contributed by atoms with E-state index in [1.807, 2.05) is 22.9 Å². The van der Waals surface area contributed by atoms with E-state index in [4.69, 9.17) is 0 Å². The van der Waals surface area contributed by atoms with Crippen LogP contribution in [0, 0.1) is 0 Å². The van der Waals surface area contributed by atoms with Crippen molar-refractivity contribution in [1.82, 2.24) is 15.0 Å². The molecule has 4 rings (SSSR count). The van der Waals surface area contributed by atoms with Gasteiger partial charge in [0.1, 0.15) is 5.52 Å². The quantitative estimate of drug-likeness (QED) is 0.798. The van der Waals surface area contributed by atoms with Crippen LogP contribution in [-0.2, 0) is 6.67 Å². The first-order valence-corrected chi connectivity index (χ1v) is 7.76. The zero-order valence-corrected chi connectivity index (χ0v) is 12.4. The maximum atomic E-state index is 4.29. The molecule has 1 unspecified atom stereocenters. The van der Waals surface area contributed by atoms with Gasteiger partial charge in [-0.1, -0.05) is 47.7 Å². The Morgan fingerprint density at radius 3 is 2.64 bits per heavy atom. The monoisotopic (exact) mass is 291 g/mol. The number of para-hydroxylation sites is 1. The number of fused-ring (bicyclic) bond motifs is 1. The Kier molecular flexibility index (Phi) is 3.45. The summed E-state index contributed by atoms with van der Waals surface area (Å²) in [6.45, 7) is 3.05. The first-order valence-electron chi connectivity index (χ1n) is 7.76. The number of hydrogen-bond donors (Lipinski definition) is 1. The Morgan fingerprint density at radius 2 is 1.82 bits per heavy atom. The molecule has 1 aliphatic rings. The highest BCUT2D eigenvalue weighted by Crippen LogP contribution is 2.17. The van der Waals surface area contributed by atoms with Gasteiger partial charge in [-0.2, -0.15) is 4.68 Å². The molecular formula is C18H19N4+. The minimum Gasteiger partial charge on any atom is -0.313 e. The van der Waals surface area contributed by atoms with Crippen molar-refractivity contribution in [3.63, 3.8) is 0 Å². The Morgan fingerprint density at radius 1 is 1.00 bits per heavy atom. The number of nitrogens with zero attached hydrogens (tertiary/aromatic N) is 3. The van der Waals surface area contributed by atoms with Gasteiger partial charge in [0.15, 0.2) is 6.67 Å². The number of aromatic nitrogens is 3. The van der Waals surface area contributed by atoms with Gasteiger partial charge < -0.3 is 4.90 Å². The molecule has 2 aromatic carbocycles. The second kappa shape index (κ2) is 5.73. The lowest BCUT2D eigenvalue weighted by Crippen LogP contribution is -3.11. The van der Waals surface area contributed by atoms with Crippen LogP contribution >= 0.6 is 0 Å². The third kappa shape index (κ3) is 2.53. The number of quaternary nitrogens is 1. The molecule has 0 bridgehead atoms. The standard InChI is InChI=1S/C18H18N4/c1-2-6-15(7-3-1)16-10-12-21(13-11-16)14-22-18-9-5-4-8-17(18)19-20-22/h1-10H,11-14H2/p+1. The Hall–Kier alpha value is -2.46. The number of nitrogens with one attached hydrogen (secondary N) is 1. The van der Waals surface area contributed by atoms with Crippen LogP contribution in [0.2, 0.25) is 0 Å². The van der Waals surface area contributed by atoms with Gasteiger partial charge in [0.05, 0.1) is 18.6 Å².